The van der Waals surface area contributed by atoms with Crippen molar-refractivity contribution < 1.29 is 9.84 Å². The second kappa shape index (κ2) is 6.97. The number of aliphatic hydroxyl groups excluding tert-OH is 1. The van der Waals surface area contributed by atoms with Crippen LogP contribution in [0.25, 0.3) is 0 Å². The van der Waals surface area contributed by atoms with Gasteiger partial charge in [-0.05, 0) is 12.1 Å². The summed E-state index contributed by atoms with van der Waals surface area (Å²) in [5.41, 5.74) is 0. The van der Waals surface area contributed by atoms with Gasteiger partial charge in [-0.2, -0.15) is 0 Å². The molecule has 108 valence electrons. The number of hydrogen-bond donors (Lipinski definition) is 1. The van der Waals surface area contributed by atoms with Crippen molar-refractivity contribution in [2.45, 2.75) is 26.0 Å². The number of aryl methyl sites for hydroxylation is 1. The smallest absolute Gasteiger partial charge is 0.156 e. The van der Waals surface area contributed by atoms with Crippen LogP contribution in [0.15, 0.2) is 30.6 Å². The average molecular weight is 315 g/mol. The summed E-state index contributed by atoms with van der Waals surface area (Å²) in [7, 11) is 0. The van der Waals surface area contributed by atoms with Gasteiger partial charge in [0.25, 0.3) is 0 Å². The maximum atomic E-state index is 10.0. The Kier molecular flexibility index (Phi) is 5.29. The third-order valence-corrected chi connectivity index (χ3v) is 3.46. The van der Waals surface area contributed by atoms with Gasteiger partial charge in [-0.15, -0.1) is 0 Å². The van der Waals surface area contributed by atoms with E-state index in [1.165, 1.54) is 0 Å². The number of benzene rings is 1. The van der Waals surface area contributed by atoms with Crippen molar-refractivity contribution in [3.8, 4) is 5.75 Å². The van der Waals surface area contributed by atoms with E-state index in [4.69, 9.17) is 27.9 Å². The Morgan fingerprint density at radius 3 is 2.70 bits per heavy atom. The van der Waals surface area contributed by atoms with E-state index in [1.54, 1.807) is 24.4 Å². The summed E-state index contributed by atoms with van der Waals surface area (Å²) >= 11 is 12.0. The maximum Gasteiger partial charge on any atom is 0.156 e. The van der Waals surface area contributed by atoms with Crippen LogP contribution in [0.5, 0.6) is 5.75 Å². The SMILES string of the molecule is CCc1nccn1CC(O)COc1c(Cl)cccc1Cl. The van der Waals surface area contributed by atoms with Gasteiger partial charge in [-0.1, -0.05) is 36.2 Å². The zero-order valence-corrected chi connectivity index (χ0v) is 12.6. The fraction of sp³-hybridized carbons (Fsp3) is 0.357. The molecule has 20 heavy (non-hydrogen) atoms. The topological polar surface area (TPSA) is 47.3 Å². The summed E-state index contributed by atoms with van der Waals surface area (Å²) < 4.78 is 7.41. The summed E-state index contributed by atoms with van der Waals surface area (Å²) in [6.45, 7) is 2.56. The molecule has 1 heterocycles. The summed E-state index contributed by atoms with van der Waals surface area (Å²) in [5.74, 6) is 1.33. The van der Waals surface area contributed by atoms with E-state index < -0.39 is 6.10 Å². The number of rotatable bonds is 6. The Hall–Kier alpha value is -1.23. The lowest BCUT2D eigenvalue weighted by atomic mass is 10.3. The first kappa shape index (κ1) is 15.2. The highest BCUT2D eigenvalue weighted by molar-refractivity contribution is 6.37. The molecule has 2 aromatic rings. The number of hydrogen-bond acceptors (Lipinski definition) is 3. The van der Waals surface area contributed by atoms with E-state index in [-0.39, 0.29) is 6.61 Å². The minimum Gasteiger partial charge on any atom is -0.488 e. The van der Waals surface area contributed by atoms with Crippen LogP contribution in [0.4, 0.5) is 0 Å². The largest absolute Gasteiger partial charge is 0.488 e. The molecule has 0 aliphatic rings. The van der Waals surface area contributed by atoms with Gasteiger partial charge in [0.15, 0.2) is 5.75 Å². The highest BCUT2D eigenvalue weighted by Crippen LogP contribution is 2.32. The van der Waals surface area contributed by atoms with Crippen molar-refractivity contribution in [1.29, 1.82) is 0 Å². The lowest BCUT2D eigenvalue weighted by Gasteiger charge is -2.15. The van der Waals surface area contributed by atoms with Crippen LogP contribution in [0.1, 0.15) is 12.7 Å². The molecule has 1 aromatic heterocycles. The molecular weight excluding hydrogens is 299 g/mol. The first-order chi connectivity index (χ1) is 9.61. The van der Waals surface area contributed by atoms with Gasteiger partial charge < -0.3 is 14.4 Å². The lowest BCUT2D eigenvalue weighted by Crippen LogP contribution is -2.24. The third kappa shape index (κ3) is 3.66. The number of para-hydroxylation sites is 1. The predicted molar refractivity (Wildman–Crippen MR) is 79.6 cm³/mol. The molecule has 0 radical (unpaired) electrons. The van der Waals surface area contributed by atoms with Crippen molar-refractivity contribution in [2.24, 2.45) is 0 Å². The van der Waals surface area contributed by atoms with Crippen LogP contribution >= 0.6 is 23.2 Å². The van der Waals surface area contributed by atoms with Gasteiger partial charge in [0.05, 0.1) is 16.6 Å². The van der Waals surface area contributed by atoms with Crippen LogP contribution < -0.4 is 4.74 Å². The van der Waals surface area contributed by atoms with Crippen LogP contribution in [-0.2, 0) is 13.0 Å². The minimum atomic E-state index is -0.665. The third-order valence-electron chi connectivity index (χ3n) is 2.86. The van der Waals surface area contributed by atoms with Gasteiger partial charge in [-0.25, -0.2) is 4.98 Å². The number of aliphatic hydroxyl groups is 1. The molecular formula is C14H16Cl2N2O2. The number of imidazole rings is 1. The molecule has 0 aliphatic heterocycles. The normalized spacial score (nSPS) is 12.4. The van der Waals surface area contributed by atoms with Crippen molar-refractivity contribution in [3.63, 3.8) is 0 Å². The van der Waals surface area contributed by atoms with Crippen LogP contribution in [0, 0.1) is 0 Å². The molecule has 4 nitrogen and oxygen atoms in total. The van der Waals surface area contributed by atoms with E-state index in [0.29, 0.717) is 22.3 Å². The number of ether oxygens (including phenoxy) is 1. The van der Waals surface area contributed by atoms with Gasteiger partial charge in [0.1, 0.15) is 18.5 Å². The molecule has 0 saturated carbocycles. The Bertz CT molecular complexity index is 552. The Labute approximate surface area is 127 Å². The highest BCUT2D eigenvalue weighted by atomic mass is 35.5. The van der Waals surface area contributed by atoms with Crippen molar-refractivity contribution in [3.05, 3.63) is 46.5 Å². The van der Waals surface area contributed by atoms with Crippen molar-refractivity contribution in [2.75, 3.05) is 6.61 Å². The molecule has 1 atom stereocenters. The van der Waals surface area contributed by atoms with Crippen LogP contribution in [-0.4, -0.2) is 27.4 Å². The monoisotopic (exact) mass is 314 g/mol. The quantitative estimate of drug-likeness (QED) is 0.890. The zero-order valence-electron chi connectivity index (χ0n) is 11.1. The first-order valence-electron chi connectivity index (χ1n) is 6.36. The minimum absolute atomic E-state index is 0.116. The molecule has 2 rings (SSSR count). The molecule has 6 heteroatoms. The average Bonchev–Trinajstić information content (AvgIpc) is 2.85. The molecule has 0 fully saturated rings. The summed E-state index contributed by atoms with van der Waals surface area (Å²) in [6.07, 6.45) is 3.71. The standard InChI is InChI=1S/C14H16Cl2N2O2/c1-2-13-17-6-7-18(13)8-10(19)9-20-14-11(15)4-3-5-12(14)16/h3-7,10,19H,2,8-9H2,1H3. The van der Waals surface area contributed by atoms with E-state index in [9.17, 15) is 5.11 Å². The molecule has 0 amide bonds. The molecule has 1 aromatic carbocycles. The molecule has 0 aliphatic carbocycles. The van der Waals surface area contributed by atoms with E-state index in [2.05, 4.69) is 4.98 Å². The molecule has 1 unspecified atom stereocenters. The number of aromatic nitrogens is 2. The van der Waals surface area contributed by atoms with Gasteiger partial charge >= 0.3 is 0 Å². The fourth-order valence-corrected chi connectivity index (χ4v) is 2.41. The van der Waals surface area contributed by atoms with E-state index in [0.717, 1.165) is 12.2 Å². The number of nitrogens with zero attached hydrogens (tertiary/aromatic N) is 2. The van der Waals surface area contributed by atoms with Gasteiger partial charge in [0, 0.05) is 18.8 Å². The first-order valence-corrected chi connectivity index (χ1v) is 7.12. The second-order valence-corrected chi connectivity index (χ2v) is 5.18. The Balaban J connectivity index is 1.94. The van der Waals surface area contributed by atoms with Crippen molar-refractivity contribution in [1.82, 2.24) is 9.55 Å². The van der Waals surface area contributed by atoms with E-state index >= 15 is 0 Å². The summed E-state index contributed by atoms with van der Waals surface area (Å²) in [6, 6.07) is 5.13. The molecule has 0 saturated heterocycles. The zero-order chi connectivity index (χ0) is 14.5. The Morgan fingerprint density at radius 1 is 1.35 bits per heavy atom. The van der Waals surface area contributed by atoms with Crippen LogP contribution in [0.3, 0.4) is 0 Å². The molecule has 0 spiro atoms. The lowest BCUT2D eigenvalue weighted by molar-refractivity contribution is 0.0919. The van der Waals surface area contributed by atoms with Gasteiger partial charge in [-0.3, -0.25) is 0 Å². The molecule has 1 N–H and O–H groups in total. The Morgan fingerprint density at radius 2 is 2.05 bits per heavy atom. The fourth-order valence-electron chi connectivity index (χ4n) is 1.90. The maximum absolute atomic E-state index is 10.0. The summed E-state index contributed by atoms with van der Waals surface area (Å²) in [5, 5.41) is 10.9. The summed E-state index contributed by atoms with van der Waals surface area (Å²) in [4.78, 5) is 4.20. The van der Waals surface area contributed by atoms with Crippen LogP contribution in [0.2, 0.25) is 10.0 Å². The van der Waals surface area contributed by atoms with Crippen molar-refractivity contribution >= 4 is 23.2 Å². The van der Waals surface area contributed by atoms with Gasteiger partial charge in [0.2, 0.25) is 0 Å². The predicted octanol–water partition coefficient (Wildman–Crippen LogP) is 3.19. The van der Waals surface area contributed by atoms with E-state index in [1.807, 2.05) is 17.7 Å². The highest BCUT2D eigenvalue weighted by Gasteiger charge is 2.12. The number of halogens is 2. The second-order valence-electron chi connectivity index (χ2n) is 4.36. The molecule has 0 bridgehead atoms.